The van der Waals surface area contributed by atoms with Crippen LogP contribution in [0.5, 0.6) is 0 Å². The molecule has 76 heavy (non-hydrogen) atoms. The second-order valence-corrected chi connectivity index (χ2v) is 17.2. The van der Waals surface area contributed by atoms with Crippen LogP contribution in [0.2, 0.25) is 0 Å². The molecule has 0 bridgehead atoms. The van der Waals surface area contributed by atoms with Crippen LogP contribution in [-0.2, 0) is 70.4 Å². The van der Waals surface area contributed by atoms with Crippen molar-refractivity contribution >= 4 is 23.3 Å². The summed E-state index contributed by atoms with van der Waals surface area (Å²) in [4.78, 5) is 31.1. The third kappa shape index (κ3) is 12.7. The standard InChI is InChI=1S/C24H20F12N2O2.C20H13F12N3O/c1-2-16(39)5-3-12-4-6-17(37-19(12)23(31,32)33)38-11-20(10-18(38)40,24(34,35)36)13-7-14(21(25,26)27)9-15(8-13)22(28,29)30;21-17(22,23)11-3-10(4-12(5-11)18(24,25)26)16(20(30,31)32)6-14(36)35(8-16)13-2-1-9(7-33)15(34-13)19(27,28)29/h4,6-9,18,40H,2-3,5,10-11H2,1H3;1-5H,6-8,33H2. The molecule has 32 heteroatoms. The van der Waals surface area contributed by atoms with Gasteiger partial charge in [0.2, 0.25) is 5.91 Å². The van der Waals surface area contributed by atoms with Crippen LogP contribution >= 0.6 is 0 Å². The van der Waals surface area contributed by atoms with Crippen LogP contribution in [0.3, 0.4) is 0 Å². The van der Waals surface area contributed by atoms with Gasteiger partial charge in [0, 0.05) is 45.3 Å². The van der Waals surface area contributed by atoms with E-state index < -0.39 is 179 Å². The quantitative estimate of drug-likeness (QED) is 0.161. The summed E-state index contributed by atoms with van der Waals surface area (Å²) >= 11 is 0. The fraction of sp³-hybridized carbons (Fsp3) is 0.455. The Morgan fingerprint density at radius 1 is 0.579 bits per heavy atom. The summed E-state index contributed by atoms with van der Waals surface area (Å²) < 4.78 is 327. The van der Waals surface area contributed by atoms with Crippen molar-refractivity contribution < 1.29 is 120 Å². The number of pyridine rings is 2. The molecule has 0 spiro atoms. The van der Waals surface area contributed by atoms with Crippen molar-refractivity contribution in [2.75, 3.05) is 22.9 Å². The van der Waals surface area contributed by atoms with Crippen LogP contribution in [0.4, 0.5) is 117 Å². The molecule has 420 valence electrons. The molecule has 1 amide bonds. The number of benzene rings is 2. The lowest BCUT2D eigenvalue weighted by molar-refractivity contribution is -0.187. The largest absolute Gasteiger partial charge is 0.433 e. The van der Waals surface area contributed by atoms with Crippen molar-refractivity contribution in [1.29, 1.82) is 0 Å². The highest BCUT2D eigenvalue weighted by atomic mass is 19.4. The van der Waals surface area contributed by atoms with Gasteiger partial charge in [-0.15, -0.1) is 0 Å². The molecular weight excluding hydrogens is 1100 g/mol. The number of aryl methyl sites for hydroxylation is 1. The van der Waals surface area contributed by atoms with Crippen LogP contribution in [0.1, 0.15) is 88.5 Å². The number of alkyl halides is 24. The second kappa shape index (κ2) is 20.4. The summed E-state index contributed by atoms with van der Waals surface area (Å²) in [6, 6.07) is 1.83. The lowest BCUT2D eigenvalue weighted by atomic mass is 9.77. The lowest BCUT2D eigenvalue weighted by Crippen LogP contribution is -2.45. The highest BCUT2D eigenvalue weighted by Crippen LogP contribution is 2.54. The van der Waals surface area contributed by atoms with Crippen molar-refractivity contribution in [1.82, 2.24) is 9.97 Å². The van der Waals surface area contributed by atoms with E-state index in [2.05, 4.69) is 9.97 Å². The zero-order chi connectivity index (χ0) is 58.0. The van der Waals surface area contributed by atoms with Crippen molar-refractivity contribution in [3.8, 4) is 0 Å². The maximum atomic E-state index is 14.4. The van der Waals surface area contributed by atoms with E-state index in [0.717, 1.165) is 24.3 Å². The van der Waals surface area contributed by atoms with Gasteiger partial charge in [-0.1, -0.05) is 19.1 Å². The van der Waals surface area contributed by atoms with Gasteiger partial charge in [0.05, 0.1) is 22.3 Å². The number of Topliss-reactive ketones (excluding diaryl/α,β-unsaturated/α-hetero) is 1. The topological polar surface area (TPSA) is 113 Å². The third-order valence-corrected chi connectivity index (χ3v) is 12.2. The Hall–Kier alpha value is -6.08. The van der Waals surface area contributed by atoms with Crippen LogP contribution < -0.4 is 15.5 Å². The van der Waals surface area contributed by atoms with E-state index >= 15 is 0 Å². The number of rotatable bonds is 9. The fourth-order valence-electron chi connectivity index (χ4n) is 8.25. The summed E-state index contributed by atoms with van der Waals surface area (Å²) in [6.07, 6.45) is -49.4. The van der Waals surface area contributed by atoms with E-state index in [1.165, 1.54) is 6.92 Å². The minimum Gasteiger partial charge on any atom is -0.374 e. The van der Waals surface area contributed by atoms with Crippen LogP contribution in [0, 0.1) is 0 Å². The Morgan fingerprint density at radius 3 is 1.37 bits per heavy atom. The summed E-state index contributed by atoms with van der Waals surface area (Å²) in [7, 11) is 0. The molecule has 0 saturated carbocycles. The number of aromatic nitrogens is 2. The van der Waals surface area contributed by atoms with Crippen LogP contribution in [-0.4, -0.2) is 58.4 Å². The number of aliphatic hydroxyl groups is 1. The van der Waals surface area contributed by atoms with Gasteiger partial charge >= 0.3 is 49.4 Å². The van der Waals surface area contributed by atoms with E-state index in [1.807, 2.05) is 0 Å². The van der Waals surface area contributed by atoms with Gasteiger partial charge in [-0.05, 0) is 77.2 Å². The molecule has 2 aromatic carbocycles. The Morgan fingerprint density at radius 2 is 0.974 bits per heavy atom. The summed E-state index contributed by atoms with van der Waals surface area (Å²) in [5.41, 5.74) is -17.3. The number of nitrogens with zero attached hydrogens (tertiary/aromatic N) is 4. The molecule has 6 rings (SSSR count). The molecule has 0 aliphatic carbocycles. The molecular formula is C44H33F24N5O3. The first-order valence-corrected chi connectivity index (χ1v) is 21.1. The summed E-state index contributed by atoms with van der Waals surface area (Å²) in [5, 5.41) is 10.4. The monoisotopic (exact) mass is 1140 g/mol. The van der Waals surface area contributed by atoms with Crippen LogP contribution in [0.25, 0.3) is 0 Å². The first kappa shape index (κ1) is 60.8. The predicted octanol–water partition coefficient (Wildman–Crippen LogP) is 12.9. The maximum Gasteiger partial charge on any atom is 0.433 e. The van der Waals surface area contributed by atoms with Crippen molar-refractivity contribution in [3.63, 3.8) is 0 Å². The zero-order valence-electron chi connectivity index (χ0n) is 37.7. The number of hydrogen-bond acceptors (Lipinski definition) is 7. The van der Waals surface area contributed by atoms with Gasteiger partial charge < -0.3 is 15.7 Å². The highest BCUT2D eigenvalue weighted by Gasteiger charge is 2.64. The van der Waals surface area contributed by atoms with Gasteiger partial charge in [0.1, 0.15) is 40.2 Å². The normalized spacial score (nSPS) is 20.3. The lowest BCUT2D eigenvalue weighted by Gasteiger charge is -2.33. The number of anilines is 2. The van der Waals surface area contributed by atoms with E-state index in [0.29, 0.717) is 4.90 Å². The van der Waals surface area contributed by atoms with E-state index in [-0.39, 0.29) is 59.9 Å². The molecule has 2 fully saturated rings. The molecule has 2 aliphatic heterocycles. The molecule has 2 aromatic heterocycles. The molecule has 3 atom stereocenters. The Bertz CT molecular complexity index is 2730. The smallest absolute Gasteiger partial charge is 0.374 e. The van der Waals surface area contributed by atoms with E-state index in [9.17, 15) is 120 Å². The Balaban J connectivity index is 0.000000282. The maximum absolute atomic E-state index is 14.4. The van der Waals surface area contributed by atoms with Gasteiger partial charge in [-0.3, -0.25) is 14.5 Å². The number of ketones is 1. The molecule has 3 unspecified atom stereocenters. The fourth-order valence-corrected chi connectivity index (χ4v) is 8.25. The van der Waals surface area contributed by atoms with Crippen molar-refractivity contribution in [2.45, 2.75) is 112 Å². The number of aliphatic hydroxyl groups excluding tert-OH is 1. The van der Waals surface area contributed by atoms with Crippen molar-refractivity contribution in [2.24, 2.45) is 5.73 Å². The van der Waals surface area contributed by atoms with E-state index in [1.54, 1.807) is 0 Å². The van der Waals surface area contributed by atoms with Gasteiger partial charge in [-0.25, -0.2) is 9.97 Å². The average Bonchev–Trinajstić information content (AvgIpc) is 3.84. The average molecular weight is 1140 g/mol. The number of nitrogens with two attached hydrogens (primary N) is 1. The van der Waals surface area contributed by atoms with E-state index in [4.69, 9.17) is 5.73 Å². The molecule has 4 aromatic rings. The van der Waals surface area contributed by atoms with Crippen molar-refractivity contribution in [3.05, 3.63) is 117 Å². The Kier molecular flexibility index (Phi) is 16.3. The summed E-state index contributed by atoms with van der Waals surface area (Å²) in [5.74, 6) is -3.67. The number of hydrogen-bond donors (Lipinski definition) is 2. The van der Waals surface area contributed by atoms with Gasteiger partial charge in [0.25, 0.3) is 0 Å². The SMILES string of the molecule is CCC(=O)CCc1ccc(N2CC(c3cc(C(F)(F)F)cc(C(F)(F)F)c3)(C(F)(F)F)CC2O)nc1C(F)(F)F.NCc1ccc(N2CC(c3cc(C(F)(F)F)cc(C(F)(F)F)c3)(C(F)(F)F)CC2=O)nc1C(F)(F)F. The number of carbonyl (C=O) groups is 2. The second-order valence-electron chi connectivity index (χ2n) is 17.2. The highest BCUT2D eigenvalue weighted by molar-refractivity contribution is 5.97. The minimum absolute atomic E-state index is 0.0396. The van der Waals surface area contributed by atoms with Crippen LogP contribution in [0.15, 0.2) is 60.7 Å². The predicted molar refractivity (Wildman–Crippen MR) is 213 cm³/mol. The first-order valence-electron chi connectivity index (χ1n) is 21.1. The zero-order valence-corrected chi connectivity index (χ0v) is 37.7. The number of halogens is 24. The molecule has 2 aliphatic rings. The third-order valence-electron chi connectivity index (χ3n) is 12.2. The molecule has 3 N–H and O–H groups in total. The summed E-state index contributed by atoms with van der Waals surface area (Å²) in [6.45, 7) is -2.33. The molecule has 2 saturated heterocycles. The van der Waals surface area contributed by atoms with Gasteiger partial charge in [0.15, 0.2) is 5.69 Å². The molecule has 8 nitrogen and oxygen atoms in total. The molecule has 4 heterocycles. The van der Waals surface area contributed by atoms with Gasteiger partial charge in [-0.2, -0.15) is 105 Å². The number of amides is 1. The molecule has 0 radical (unpaired) electrons. The Labute approximate surface area is 410 Å². The minimum atomic E-state index is -5.59. The first-order chi connectivity index (χ1) is 34.3. The number of carbonyl (C=O) groups excluding carboxylic acids is 2.